The molecule has 0 fully saturated rings. The minimum Gasteiger partial charge on any atom is -0.325 e. The Labute approximate surface area is 96.5 Å². The van der Waals surface area contributed by atoms with Crippen LogP contribution >= 0.6 is 0 Å². The average molecular weight is 214 g/mol. The first-order valence-corrected chi connectivity index (χ1v) is 5.74. The highest BCUT2D eigenvalue weighted by atomic mass is 14.7. The van der Waals surface area contributed by atoms with Crippen LogP contribution in [0.5, 0.6) is 0 Å². The molecule has 0 radical (unpaired) electrons. The molecule has 2 heteroatoms. The summed E-state index contributed by atoms with van der Waals surface area (Å²) in [5.74, 6) is 0. The molecule has 84 valence electrons. The van der Waals surface area contributed by atoms with E-state index in [0.717, 1.165) is 18.4 Å². The number of rotatable bonds is 3. The molecule has 2 rings (SSSR count). The number of hydrogen-bond donors (Lipinski definition) is 1. The van der Waals surface area contributed by atoms with Crippen LogP contribution in [-0.2, 0) is 6.42 Å². The smallest absolute Gasteiger partial charge is 0.0704 e. The maximum Gasteiger partial charge on any atom is 0.0704 e. The van der Waals surface area contributed by atoms with E-state index >= 15 is 0 Å². The van der Waals surface area contributed by atoms with Crippen molar-refractivity contribution in [3.8, 4) is 0 Å². The second-order valence-corrected chi connectivity index (χ2v) is 4.67. The van der Waals surface area contributed by atoms with Gasteiger partial charge in [-0.3, -0.25) is 4.98 Å². The summed E-state index contributed by atoms with van der Waals surface area (Å²) >= 11 is 0. The van der Waals surface area contributed by atoms with E-state index in [9.17, 15) is 0 Å². The zero-order chi connectivity index (χ0) is 11.6. The van der Waals surface area contributed by atoms with Crippen molar-refractivity contribution < 1.29 is 0 Å². The van der Waals surface area contributed by atoms with Crippen LogP contribution < -0.4 is 5.73 Å². The molecule has 16 heavy (non-hydrogen) atoms. The van der Waals surface area contributed by atoms with E-state index < -0.39 is 0 Å². The standard InChI is InChI=1S/C14H18N2/c1-3-14(2,15)10-11-8-9-16-13-7-5-4-6-12(11)13/h4-9H,3,10,15H2,1-2H3. The summed E-state index contributed by atoms with van der Waals surface area (Å²) in [5, 5.41) is 1.22. The zero-order valence-electron chi connectivity index (χ0n) is 9.90. The van der Waals surface area contributed by atoms with E-state index in [1.54, 1.807) is 0 Å². The van der Waals surface area contributed by atoms with Crippen molar-refractivity contribution in [3.63, 3.8) is 0 Å². The maximum absolute atomic E-state index is 6.22. The number of aromatic nitrogens is 1. The fourth-order valence-corrected chi connectivity index (χ4v) is 1.87. The third kappa shape index (κ3) is 2.22. The highest BCUT2D eigenvalue weighted by Crippen LogP contribution is 2.21. The molecule has 0 aliphatic carbocycles. The van der Waals surface area contributed by atoms with Gasteiger partial charge in [-0.05, 0) is 37.5 Å². The monoisotopic (exact) mass is 214 g/mol. The Bertz CT molecular complexity index is 484. The highest BCUT2D eigenvalue weighted by Gasteiger charge is 2.17. The summed E-state index contributed by atoms with van der Waals surface area (Å²) in [6.45, 7) is 4.23. The maximum atomic E-state index is 6.22. The Morgan fingerprint density at radius 1 is 1.25 bits per heavy atom. The van der Waals surface area contributed by atoms with Crippen molar-refractivity contribution in [2.45, 2.75) is 32.2 Å². The Balaban J connectivity index is 2.45. The second-order valence-electron chi connectivity index (χ2n) is 4.67. The number of nitrogens with two attached hydrogens (primary N) is 1. The molecule has 0 aliphatic rings. The number of hydrogen-bond acceptors (Lipinski definition) is 2. The Hall–Kier alpha value is -1.41. The topological polar surface area (TPSA) is 38.9 Å². The van der Waals surface area contributed by atoms with Crippen LogP contribution in [0.2, 0.25) is 0 Å². The molecule has 1 aromatic carbocycles. The molecule has 0 saturated carbocycles. The van der Waals surface area contributed by atoms with Crippen molar-refractivity contribution in [2.75, 3.05) is 0 Å². The summed E-state index contributed by atoms with van der Waals surface area (Å²) in [6.07, 6.45) is 3.74. The fourth-order valence-electron chi connectivity index (χ4n) is 1.87. The molecule has 1 aromatic heterocycles. The first kappa shape index (κ1) is 11.1. The SMILES string of the molecule is CCC(C)(N)Cc1ccnc2ccccc12. The van der Waals surface area contributed by atoms with Crippen LogP contribution in [0.15, 0.2) is 36.5 Å². The molecule has 2 nitrogen and oxygen atoms in total. The minimum atomic E-state index is -0.135. The first-order chi connectivity index (χ1) is 7.62. The average Bonchev–Trinajstić information content (AvgIpc) is 2.29. The quantitative estimate of drug-likeness (QED) is 0.853. The lowest BCUT2D eigenvalue weighted by molar-refractivity contribution is 0.451. The molecule has 2 aromatic rings. The molecule has 1 atom stereocenters. The van der Waals surface area contributed by atoms with Crippen LogP contribution in [0.25, 0.3) is 10.9 Å². The largest absolute Gasteiger partial charge is 0.325 e. The van der Waals surface area contributed by atoms with E-state index in [1.165, 1.54) is 10.9 Å². The molecule has 0 aliphatic heterocycles. The number of nitrogens with zero attached hydrogens (tertiary/aromatic N) is 1. The summed E-state index contributed by atoms with van der Waals surface area (Å²) in [4.78, 5) is 4.36. The summed E-state index contributed by atoms with van der Waals surface area (Å²) in [7, 11) is 0. The molecule has 0 bridgehead atoms. The first-order valence-electron chi connectivity index (χ1n) is 5.74. The number of fused-ring (bicyclic) bond motifs is 1. The van der Waals surface area contributed by atoms with Crippen molar-refractivity contribution in [1.29, 1.82) is 0 Å². The van der Waals surface area contributed by atoms with Crippen molar-refractivity contribution in [3.05, 3.63) is 42.1 Å². The Morgan fingerprint density at radius 3 is 2.75 bits per heavy atom. The molecule has 0 amide bonds. The minimum absolute atomic E-state index is 0.135. The van der Waals surface area contributed by atoms with Gasteiger partial charge in [0.2, 0.25) is 0 Å². The van der Waals surface area contributed by atoms with E-state index in [1.807, 2.05) is 24.4 Å². The van der Waals surface area contributed by atoms with Crippen LogP contribution in [0.4, 0.5) is 0 Å². The van der Waals surface area contributed by atoms with Crippen LogP contribution in [0, 0.1) is 0 Å². The van der Waals surface area contributed by atoms with Gasteiger partial charge in [-0.15, -0.1) is 0 Å². The zero-order valence-corrected chi connectivity index (χ0v) is 9.90. The van der Waals surface area contributed by atoms with Gasteiger partial charge < -0.3 is 5.73 Å². The number of para-hydroxylation sites is 1. The molecular weight excluding hydrogens is 196 g/mol. The highest BCUT2D eigenvalue weighted by molar-refractivity contribution is 5.81. The number of pyridine rings is 1. The summed E-state index contributed by atoms with van der Waals surface area (Å²) in [5.41, 5.74) is 8.42. The van der Waals surface area contributed by atoms with Gasteiger partial charge in [-0.25, -0.2) is 0 Å². The lowest BCUT2D eigenvalue weighted by atomic mass is 9.90. The van der Waals surface area contributed by atoms with Gasteiger partial charge in [-0.1, -0.05) is 25.1 Å². The molecule has 0 spiro atoms. The summed E-state index contributed by atoms with van der Waals surface area (Å²) in [6, 6.07) is 10.3. The molecule has 1 heterocycles. The Morgan fingerprint density at radius 2 is 2.00 bits per heavy atom. The molecule has 1 unspecified atom stereocenters. The van der Waals surface area contributed by atoms with E-state index in [2.05, 4.69) is 31.0 Å². The van der Waals surface area contributed by atoms with Gasteiger partial charge in [0.05, 0.1) is 5.52 Å². The van der Waals surface area contributed by atoms with E-state index in [-0.39, 0.29) is 5.54 Å². The van der Waals surface area contributed by atoms with Crippen molar-refractivity contribution in [1.82, 2.24) is 4.98 Å². The van der Waals surface area contributed by atoms with E-state index in [0.29, 0.717) is 0 Å². The van der Waals surface area contributed by atoms with Gasteiger partial charge in [0.15, 0.2) is 0 Å². The van der Waals surface area contributed by atoms with Gasteiger partial charge in [0.25, 0.3) is 0 Å². The third-order valence-electron chi connectivity index (χ3n) is 3.14. The van der Waals surface area contributed by atoms with Gasteiger partial charge in [-0.2, -0.15) is 0 Å². The van der Waals surface area contributed by atoms with E-state index in [4.69, 9.17) is 5.73 Å². The van der Waals surface area contributed by atoms with Crippen LogP contribution in [0.3, 0.4) is 0 Å². The van der Waals surface area contributed by atoms with Crippen molar-refractivity contribution >= 4 is 10.9 Å². The molecule has 2 N–H and O–H groups in total. The lowest BCUT2D eigenvalue weighted by Crippen LogP contribution is -2.37. The van der Waals surface area contributed by atoms with Gasteiger partial charge >= 0.3 is 0 Å². The normalized spacial score (nSPS) is 14.9. The fraction of sp³-hybridized carbons (Fsp3) is 0.357. The second kappa shape index (κ2) is 4.22. The molecular formula is C14H18N2. The predicted molar refractivity (Wildman–Crippen MR) is 68.3 cm³/mol. The third-order valence-corrected chi connectivity index (χ3v) is 3.14. The lowest BCUT2D eigenvalue weighted by Gasteiger charge is -2.23. The van der Waals surface area contributed by atoms with Gasteiger partial charge in [0, 0.05) is 17.1 Å². The van der Waals surface area contributed by atoms with Crippen LogP contribution in [0.1, 0.15) is 25.8 Å². The Kier molecular flexibility index (Phi) is 2.92. The summed E-state index contributed by atoms with van der Waals surface area (Å²) < 4.78 is 0. The molecule has 0 saturated heterocycles. The van der Waals surface area contributed by atoms with Crippen molar-refractivity contribution in [2.24, 2.45) is 5.73 Å². The predicted octanol–water partition coefficient (Wildman–Crippen LogP) is 2.90. The number of benzene rings is 1. The van der Waals surface area contributed by atoms with Gasteiger partial charge in [0.1, 0.15) is 0 Å². The van der Waals surface area contributed by atoms with Crippen LogP contribution in [-0.4, -0.2) is 10.5 Å².